The average Bonchev–Trinajstić information content (AvgIpc) is 3.09. The number of amides is 2. The monoisotopic (exact) mass is 456 g/mol. The van der Waals surface area contributed by atoms with Crippen LogP contribution in [0.15, 0.2) is 78.5 Å². The second-order valence-electron chi connectivity index (χ2n) is 8.13. The number of para-hydroxylation sites is 2. The Morgan fingerprint density at radius 2 is 1.59 bits per heavy atom. The van der Waals surface area contributed by atoms with Crippen molar-refractivity contribution in [2.45, 2.75) is 26.8 Å². The van der Waals surface area contributed by atoms with Crippen molar-refractivity contribution in [3.05, 3.63) is 95.2 Å². The lowest BCUT2D eigenvalue weighted by Crippen LogP contribution is -2.32. The molecule has 174 valence electrons. The van der Waals surface area contributed by atoms with E-state index < -0.39 is 0 Å². The first-order valence-electron chi connectivity index (χ1n) is 11.3. The highest BCUT2D eigenvalue weighted by atomic mass is 16.5. The number of carbonyl (C=O) groups excluding carboxylic acids is 2. The Morgan fingerprint density at radius 3 is 2.26 bits per heavy atom. The quantitative estimate of drug-likeness (QED) is 0.449. The number of hydrogen-bond acceptors (Lipinski definition) is 5. The molecule has 0 spiro atoms. The average molecular weight is 457 g/mol. The maximum absolute atomic E-state index is 13.5. The van der Waals surface area contributed by atoms with E-state index in [4.69, 9.17) is 9.47 Å². The number of nitrogens with zero attached hydrogens (tertiary/aromatic N) is 1. The summed E-state index contributed by atoms with van der Waals surface area (Å²) < 4.78 is 11.1. The number of ether oxygens (including phenoxy) is 2. The summed E-state index contributed by atoms with van der Waals surface area (Å²) in [4.78, 5) is 28.3. The van der Waals surface area contributed by atoms with E-state index in [1.165, 1.54) is 4.90 Å². The van der Waals surface area contributed by atoms with E-state index in [1.54, 1.807) is 13.2 Å². The first-order chi connectivity index (χ1) is 16.5. The van der Waals surface area contributed by atoms with Crippen molar-refractivity contribution in [1.82, 2.24) is 4.90 Å². The van der Waals surface area contributed by atoms with Crippen LogP contribution in [-0.4, -0.2) is 30.4 Å². The van der Waals surface area contributed by atoms with Crippen LogP contribution in [0.4, 0.5) is 5.69 Å². The Bertz CT molecular complexity index is 1210. The van der Waals surface area contributed by atoms with Crippen LogP contribution in [0, 0.1) is 6.92 Å². The molecule has 0 bridgehead atoms. The fourth-order valence-electron chi connectivity index (χ4n) is 3.80. The smallest absolute Gasteiger partial charge is 0.278 e. The molecule has 0 aromatic heterocycles. The first kappa shape index (κ1) is 23.1. The van der Waals surface area contributed by atoms with Gasteiger partial charge in [0, 0.05) is 0 Å². The maximum Gasteiger partial charge on any atom is 0.278 e. The van der Waals surface area contributed by atoms with Crippen LogP contribution in [0.2, 0.25) is 0 Å². The summed E-state index contributed by atoms with van der Waals surface area (Å²) in [6.07, 6.45) is 0.904. The van der Waals surface area contributed by atoms with Gasteiger partial charge in [-0.1, -0.05) is 61.0 Å². The molecule has 2 amide bonds. The van der Waals surface area contributed by atoms with E-state index in [0.29, 0.717) is 29.2 Å². The Balaban J connectivity index is 1.71. The van der Waals surface area contributed by atoms with Gasteiger partial charge in [-0.05, 0) is 48.7 Å². The lowest BCUT2D eigenvalue weighted by atomic mass is 10.0. The number of nitrogens with one attached hydrogen (secondary N) is 1. The van der Waals surface area contributed by atoms with E-state index in [0.717, 1.165) is 23.3 Å². The maximum atomic E-state index is 13.5. The highest BCUT2D eigenvalue weighted by Crippen LogP contribution is 2.34. The third-order valence-corrected chi connectivity index (χ3v) is 5.61. The Hall–Kier alpha value is -4.06. The van der Waals surface area contributed by atoms with Gasteiger partial charge in [0.25, 0.3) is 11.8 Å². The highest BCUT2D eigenvalue weighted by Gasteiger charge is 2.39. The molecule has 4 rings (SSSR count). The minimum absolute atomic E-state index is 0.191. The lowest BCUT2D eigenvalue weighted by Gasteiger charge is -2.16. The van der Waals surface area contributed by atoms with Gasteiger partial charge in [0.05, 0.1) is 31.5 Å². The third-order valence-electron chi connectivity index (χ3n) is 5.61. The zero-order chi connectivity index (χ0) is 24.1. The molecule has 3 aromatic carbocycles. The van der Waals surface area contributed by atoms with Gasteiger partial charge in [0.2, 0.25) is 0 Å². The van der Waals surface area contributed by atoms with Crippen LogP contribution in [0.1, 0.15) is 30.0 Å². The van der Waals surface area contributed by atoms with Gasteiger partial charge in [-0.3, -0.25) is 14.5 Å². The highest BCUT2D eigenvalue weighted by molar-refractivity contribution is 6.36. The van der Waals surface area contributed by atoms with Crippen molar-refractivity contribution in [3.63, 3.8) is 0 Å². The van der Waals surface area contributed by atoms with Crippen molar-refractivity contribution in [3.8, 4) is 11.5 Å². The van der Waals surface area contributed by atoms with Crippen LogP contribution >= 0.6 is 0 Å². The topological polar surface area (TPSA) is 67.9 Å². The predicted molar refractivity (Wildman–Crippen MR) is 133 cm³/mol. The first-order valence-corrected chi connectivity index (χ1v) is 11.3. The van der Waals surface area contributed by atoms with Gasteiger partial charge in [0.1, 0.15) is 17.2 Å². The van der Waals surface area contributed by atoms with Gasteiger partial charge in [0.15, 0.2) is 0 Å². The van der Waals surface area contributed by atoms with Crippen LogP contribution in [0.5, 0.6) is 11.5 Å². The normalized spacial score (nSPS) is 13.4. The Morgan fingerprint density at radius 1 is 0.882 bits per heavy atom. The summed E-state index contributed by atoms with van der Waals surface area (Å²) in [6.45, 7) is 4.85. The molecule has 0 fully saturated rings. The van der Waals surface area contributed by atoms with E-state index in [-0.39, 0.29) is 24.1 Å². The molecule has 1 aliphatic rings. The molecule has 1 aliphatic heterocycles. The van der Waals surface area contributed by atoms with Crippen LogP contribution < -0.4 is 14.8 Å². The summed E-state index contributed by atoms with van der Waals surface area (Å²) in [7, 11) is 1.57. The number of aryl methyl sites for hydroxylation is 1. The van der Waals surface area contributed by atoms with Gasteiger partial charge in [-0.2, -0.15) is 0 Å². The molecule has 3 aromatic rings. The second kappa shape index (κ2) is 10.3. The van der Waals surface area contributed by atoms with Crippen molar-refractivity contribution in [2.75, 3.05) is 19.0 Å². The van der Waals surface area contributed by atoms with Gasteiger partial charge in [-0.25, -0.2) is 0 Å². The van der Waals surface area contributed by atoms with Crippen LogP contribution in [0.25, 0.3) is 5.57 Å². The van der Waals surface area contributed by atoms with Crippen LogP contribution in [0.3, 0.4) is 0 Å². The zero-order valence-corrected chi connectivity index (χ0v) is 19.6. The van der Waals surface area contributed by atoms with E-state index in [2.05, 4.69) is 5.32 Å². The number of hydrogen-bond donors (Lipinski definition) is 1. The largest absolute Gasteiger partial charge is 0.495 e. The number of carbonyl (C=O) groups is 2. The number of anilines is 1. The fourth-order valence-corrected chi connectivity index (χ4v) is 3.80. The molecule has 0 atom stereocenters. The standard InChI is InChI=1S/C28H28N2O4/c1-4-17-34-22-15-13-21(14-16-22)25-26(29-23-7-5-6-8-24(23)33-3)28(32)30(27(25)31)18-20-11-9-19(2)10-12-20/h5-16,29H,4,17-18H2,1-3H3. The summed E-state index contributed by atoms with van der Waals surface area (Å²) in [5.74, 6) is 0.580. The Labute approximate surface area is 199 Å². The number of methoxy groups -OCH3 is 1. The zero-order valence-electron chi connectivity index (χ0n) is 19.6. The molecule has 0 radical (unpaired) electrons. The SMILES string of the molecule is CCCOc1ccc(C2=C(Nc3ccccc3OC)C(=O)N(Cc3ccc(C)cc3)C2=O)cc1. The van der Waals surface area contributed by atoms with Gasteiger partial charge in [-0.15, -0.1) is 0 Å². The minimum Gasteiger partial charge on any atom is -0.495 e. The summed E-state index contributed by atoms with van der Waals surface area (Å²) in [5.41, 5.74) is 3.80. The molecule has 0 unspecified atom stereocenters. The summed E-state index contributed by atoms with van der Waals surface area (Å²) in [6, 6.07) is 22.4. The summed E-state index contributed by atoms with van der Waals surface area (Å²) >= 11 is 0. The second-order valence-corrected chi connectivity index (χ2v) is 8.13. The molecular formula is C28H28N2O4. The molecule has 34 heavy (non-hydrogen) atoms. The molecule has 1 N–H and O–H groups in total. The number of benzene rings is 3. The van der Waals surface area contributed by atoms with E-state index >= 15 is 0 Å². The minimum atomic E-state index is -0.377. The number of imide groups is 1. The van der Waals surface area contributed by atoms with Crippen molar-refractivity contribution < 1.29 is 19.1 Å². The Kier molecular flexibility index (Phi) is 6.97. The van der Waals surface area contributed by atoms with Crippen molar-refractivity contribution in [1.29, 1.82) is 0 Å². The molecule has 6 heteroatoms. The lowest BCUT2D eigenvalue weighted by molar-refractivity contribution is -0.137. The summed E-state index contributed by atoms with van der Waals surface area (Å²) in [5, 5.41) is 3.17. The van der Waals surface area contributed by atoms with Crippen molar-refractivity contribution >= 4 is 23.1 Å². The molecule has 1 heterocycles. The van der Waals surface area contributed by atoms with E-state index in [9.17, 15) is 9.59 Å². The molecule has 0 aliphatic carbocycles. The molecule has 6 nitrogen and oxygen atoms in total. The predicted octanol–water partition coefficient (Wildman–Crippen LogP) is 5.18. The van der Waals surface area contributed by atoms with Gasteiger partial charge >= 0.3 is 0 Å². The number of rotatable bonds is 9. The van der Waals surface area contributed by atoms with E-state index in [1.807, 2.05) is 80.6 Å². The van der Waals surface area contributed by atoms with Crippen LogP contribution in [-0.2, 0) is 16.1 Å². The fraction of sp³-hybridized carbons (Fsp3) is 0.214. The van der Waals surface area contributed by atoms with Crippen molar-refractivity contribution in [2.24, 2.45) is 0 Å². The molecular weight excluding hydrogens is 428 g/mol. The van der Waals surface area contributed by atoms with Gasteiger partial charge < -0.3 is 14.8 Å². The molecule has 0 saturated heterocycles. The molecule has 0 saturated carbocycles. The third kappa shape index (κ3) is 4.81.